The zero-order valence-corrected chi connectivity index (χ0v) is 11.5. The Morgan fingerprint density at radius 3 is 2.62 bits per heavy atom. The number of nitrogens with zero attached hydrogens (tertiary/aromatic N) is 1. The Morgan fingerprint density at radius 2 is 2.00 bits per heavy atom. The maximum Gasteiger partial charge on any atom is 0.230 e. The van der Waals surface area contributed by atoms with Crippen molar-refractivity contribution in [3.8, 4) is 0 Å². The number of rotatable bonds is 2. The first-order valence-corrected chi connectivity index (χ1v) is 6.38. The Bertz CT molecular complexity index is 459. The number of hydrogen-bond donors (Lipinski definition) is 0. The maximum absolute atomic E-state index is 11.5. The average molecular weight is 347 g/mol. The number of hydrogen-bond acceptors (Lipinski definition) is 2. The number of likely N-dealkylation sites (tertiary alicyclic amines) is 1. The molecule has 0 saturated carbocycles. The van der Waals surface area contributed by atoms with Crippen LogP contribution in [0.1, 0.15) is 12.0 Å². The van der Waals surface area contributed by atoms with Gasteiger partial charge in [-0.2, -0.15) is 0 Å². The predicted octanol–water partition coefficient (Wildman–Crippen LogP) is 2.51. The van der Waals surface area contributed by atoms with Crippen LogP contribution in [0.3, 0.4) is 0 Å². The zero-order valence-electron chi connectivity index (χ0n) is 8.37. The van der Waals surface area contributed by atoms with Crippen LogP contribution >= 0.6 is 31.9 Å². The van der Waals surface area contributed by atoms with Gasteiger partial charge in [0.25, 0.3) is 0 Å². The molecule has 0 N–H and O–H groups in total. The molecule has 16 heavy (non-hydrogen) atoms. The summed E-state index contributed by atoms with van der Waals surface area (Å²) in [7, 11) is 0. The van der Waals surface area contributed by atoms with E-state index in [9.17, 15) is 9.59 Å². The molecule has 0 aliphatic carbocycles. The molecular weight excluding hydrogens is 338 g/mol. The Balaban J connectivity index is 2.18. The molecule has 1 aromatic carbocycles. The van der Waals surface area contributed by atoms with Crippen LogP contribution in [0.5, 0.6) is 0 Å². The topological polar surface area (TPSA) is 37.4 Å². The van der Waals surface area contributed by atoms with Crippen LogP contribution in [0.15, 0.2) is 27.1 Å². The van der Waals surface area contributed by atoms with Crippen molar-refractivity contribution in [1.82, 2.24) is 4.90 Å². The highest BCUT2D eigenvalue weighted by atomic mass is 79.9. The number of amides is 1. The van der Waals surface area contributed by atoms with E-state index in [0.29, 0.717) is 6.54 Å². The first-order chi connectivity index (χ1) is 7.56. The number of ketones is 1. The standard InChI is InChI=1S/C11H9Br2NO2/c12-8-1-2-10(13)7(3-8)5-14-6-9(15)4-11(14)16/h1-3H,4-6H2. The summed E-state index contributed by atoms with van der Waals surface area (Å²) < 4.78 is 1.91. The predicted molar refractivity (Wildman–Crippen MR) is 66.9 cm³/mol. The fourth-order valence-corrected chi connectivity index (χ4v) is 2.43. The van der Waals surface area contributed by atoms with Crippen LogP contribution in [0.4, 0.5) is 0 Å². The van der Waals surface area contributed by atoms with E-state index in [-0.39, 0.29) is 24.7 Å². The third-order valence-electron chi connectivity index (χ3n) is 2.44. The van der Waals surface area contributed by atoms with Crippen LogP contribution in [0, 0.1) is 0 Å². The van der Waals surface area contributed by atoms with Gasteiger partial charge in [-0.1, -0.05) is 31.9 Å². The van der Waals surface area contributed by atoms with E-state index in [1.807, 2.05) is 18.2 Å². The molecule has 5 heteroatoms. The van der Waals surface area contributed by atoms with Crippen molar-refractivity contribution in [3.05, 3.63) is 32.7 Å². The second-order valence-electron chi connectivity index (χ2n) is 3.70. The van der Waals surface area contributed by atoms with Crippen molar-refractivity contribution in [3.63, 3.8) is 0 Å². The monoisotopic (exact) mass is 345 g/mol. The SMILES string of the molecule is O=C1CC(=O)N(Cc2cc(Br)ccc2Br)C1. The van der Waals surface area contributed by atoms with Gasteiger partial charge in [0, 0.05) is 15.5 Å². The van der Waals surface area contributed by atoms with E-state index in [2.05, 4.69) is 31.9 Å². The van der Waals surface area contributed by atoms with Crippen molar-refractivity contribution < 1.29 is 9.59 Å². The average Bonchev–Trinajstić information content (AvgIpc) is 2.51. The van der Waals surface area contributed by atoms with E-state index in [1.165, 1.54) is 0 Å². The first kappa shape index (κ1) is 11.8. The van der Waals surface area contributed by atoms with Gasteiger partial charge < -0.3 is 4.90 Å². The summed E-state index contributed by atoms with van der Waals surface area (Å²) in [5.41, 5.74) is 0.998. The molecule has 0 atom stereocenters. The smallest absolute Gasteiger partial charge is 0.230 e. The molecule has 1 saturated heterocycles. The highest BCUT2D eigenvalue weighted by Crippen LogP contribution is 2.24. The fraction of sp³-hybridized carbons (Fsp3) is 0.273. The Hall–Kier alpha value is -0.680. The van der Waals surface area contributed by atoms with Crippen LogP contribution in [0.2, 0.25) is 0 Å². The summed E-state index contributed by atoms with van der Waals surface area (Å²) in [5.74, 6) is -0.0898. The van der Waals surface area contributed by atoms with E-state index in [4.69, 9.17) is 0 Å². The molecule has 0 aromatic heterocycles. The van der Waals surface area contributed by atoms with Gasteiger partial charge in [0.1, 0.15) is 0 Å². The molecule has 3 nitrogen and oxygen atoms in total. The maximum atomic E-state index is 11.5. The molecule has 1 aliphatic rings. The van der Waals surface area contributed by atoms with E-state index < -0.39 is 0 Å². The molecule has 1 heterocycles. The molecule has 0 bridgehead atoms. The second-order valence-corrected chi connectivity index (χ2v) is 5.47. The molecule has 1 fully saturated rings. The lowest BCUT2D eigenvalue weighted by atomic mass is 10.2. The van der Waals surface area contributed by atoms with Crippen molar-refractivity contribution >= 4 is 43.6 Å². The third-order valence-corrected chi connectivity index (χ3v) is 3.70. The lowest BCUT2D eigenvalue weighted by Gasteiger charge is -2.15. The van der Waals surface area contributed by atoms with Crippen LogP contribution < -0.4 is 0 Å². The Labute approximate surface area is 110 Å². The van der Waals surface area contributed by atoms with E-state index in [0.717, 1.165) is 14.5 Å². The summed E-state index contributed by atoms with van der Waals surface area (Å²) in [6.07, 6.45) is 0.0472. The lowest BCUT2D eigenvalue weighted by Crippen LogP contribution is -2.24. The molecular formula is C11H9Br2NO2. The van der Waals surface area contributed by atoms with Gasteiger partial charge in [0.05, 0.1) is 13.0 Å². The molecule has 1 aromatic rings. The number of carbonyl (C=O) groups is 2. The molecule has 1 amide bonds. The van der Waals surface area contributed by atoms with Gasteiger partial charge in [-0.05, 0) is 23.8 Å². The number of benzene rings is 1. The molecule has 0 spiro atoms. The van der Waals surface area contributed by atoms with Crippen molar-refractivity contribution in [2.45, 2.75) is 13.0 Å². The quantitative estimate of drug-likeness (QED) is 0.771. The minimum absolute atomic E-state index is 0.00359. The lowest BCUT2D eigenvalue weighted by molar-refractivity contribution is -0.128. The van der Waals surface area contributed by atoms with Gasteiger partial charge in [-0.3, -0.25) is 9.59 Å². The zero-order chi connectivity index (χ0) is 11.7. The Morgan fingerprint density at radius 1 is 1.25 bits per heavy atom. The number of halogens is 2. The van der Waals surface area contributed by atoms with Gasteiger partial charge in [-0.15, -0.1) is 0 Å². The molecule has 2 rings (SSSR count). The highest BCUT2D eigenvalue weighted by molar-refractivity contribution is 9.11. The highest BCUT2D eigenvalue weighted by Gasteiger charge is 2.27. The van der Waals surface area contributed by atoms with Gasteiger partial charge in [-0.25, -0.2) is 0 Å². The van der Waals surface area contributed by atoms with Crippen molar-refractivity contribution in [2.75, 3.05) is 6.54 Å². The van der Waals surface area contributed by atoms with Crippen molar-refractivity contribution in [2.24, 2.45) is 0 Å². The summed E-state index contributed by atoms with van der Waals surface area (Å²) in [6.45, 7) is 0.711. The van der Waals surface area contributed by atoms with Crippen LogP contribution in [0.25, 0.3) is 0 Å². The molecule has 84 valence electrons. The van der Waals surface area contributed by atoms with E-state index in [1.54, 1.807) is 4.90 Å². The molecule has 0 unspecified atom stereocenters. The number of carbonyl (C=O) groups excluding carboxylic acids is 2. The third kappa shape index (κ3) is 2.52. The Kier molecular flexibility index (Phi) is 3.44. The summed E-state index contributed by atoms with van der Waals surface area (Å²) in [6, 6.07) is 5.78. The molecule has 1 aliphatic heterocycles. The molecule has 0 radical (unpaired) electrons. The first-order valence-electron chi connectivity index (χ1n) is 4.79. The van der Waals surface area contributed by atoms with Gasteiger partial charge >= 0.3 is 0 Å². The van der Waals surface area contributed by atoms with Crippen molar-refractivity contribution in [1.29, 1.82) is 0 Å². The second kappa shape index (κ2) is 4.67. The van der Waals surface area contributed by atoms with Gasteiger partial charge in [0.15, 0.2) is 5.78 Å². The normalized spacial score (nSPS) is 16.0. The van der Waals surface area contributed by atoms with E-state index >= 15 is 0 Å². The van der Waals surface area contributed by atoms with Gasteiger partial charge in [0.2, 0.25) is 5.91 Å². The summed E-state index contributed by atoms with van der Waals surface area (Å²) in [4.78, 5) is 24.2. The largest absolute Gasteiger partial charge is 0.331 e. The minimum Gasteiger partial charge on any atom is -0.331 e. The fourth-order valence-electron chi connectivity index (χ4n) is 1.65. The minimum atomic E-state index is -0.0862. The summed E-state index contributed by atoms with van der Waals surface area (Å²) >= 11 is 6.81. The number of Topliss-reactive ketones (excluding diaryl/α,β-unsaturated/α-hetero) is 1. The van der Waals surface area contributed by atoms with Crippen LogP contribution in [-0.2, 0) is 16.1 Å². The summed E-state index contributed by atoms with van der Waals surface area (Å²) in [5, 5.41) is 0. The van der Waals surface area contributed by atoms with Crippen LogP contribution in [-0.4, -0.2) is 23.1 Å².